The highest BCUT2D eigenvalue weighted by Crippen LogP contribution is 2.33. The maximum Gasteiger partial charge on any atom is 0.0960 e. The molecule has 0 fully saturated rings. The summed E-state index contributed by atoms with van der Waals surface area (Å²) in [6, 6.07) is 27.8. The summed E-state index contributed by atoms with van der Waals surface area (Å²) in [4.78, 5) is 6.91. The Morgan fingerprint density at radius 1 is 0.708 bits per heavy atom. The van der Waals surface area contributed by atoms with Gasteiger partial charge in [0.15, 0.2) is 0 Å². The number of hydrogen-bond acceptors (Lipinski definition) is 2. The average Bonchev–Trinajstić information content (AvgIpc) is 2.67. The molecule has 4 aromatic rings. The molecule has 0 amide bonds. The number of benzene rings is 4. The second kappa shape index (κ2) is 5.20. The van der Waals surface area contributed by atoms with Gasteiger partial charge in [0.25, 0.3) is 0 Å². The normalized spacial score (nSPS) is 13.4. The number of rotatable bonds is 1. The van der Waals surface area contributed by atoms with Crippen molar-refractivity contribution < 1.29 is 0 Å². The molecule has 4 aromatic carbocycles. The summed E-state index contributed by atoms with van der Waals surface area (Å²) in [5, 5.41) is 5.08. The maximum absolute atomic E-state index is 4.68. The summed E-state index contributed by atoms with van der Waals surface area (Å²) in [5.41, 5.74) is 3.55. The zero-order chi connectivity index (χ0) is 15.9. The number of aliphatic imine (C=N–C) groups is 1. The lowest BCUT2D eigenvalue weighted by molar-refractivity contribution is 1.01. The summed E-state index contributed by atoms with van der Waals surface area (Å²) in [6.45, 7) is 0.846. The zero-order valence-electron chi connectivity index (χ0n) is 13.2. The van der Waals surface area contributed by atoms with Crippen LogP contribution < -0.4 is 4.90 Å². The van der Waals surface area contributed by atoms with Crippen molar-refractivity contribution in [2.45, 2.75) is 6.54 Å². The first-order valence-electron chi connectivity index (χ1n) is 8.19. The fourth-order valence-corrected chi connectivity index (χ4v) is 3.47. The first kappa shape index (κ1) is 13.3. The Bertz CT molecular complexity index is 1100. The first-order valence-corrected chi connectivity index (χ1v) is 8.19. The van der Waals surface area contributed by atoms with E-state index in [0.29, 0.717) is 0 Å². The molecule has 2 nitrogen and oxygen atoms in total. The summed E-state index contributed by atoms with van der Waals surface area (Å²) in [5.74, 6) is 0. The van der Waals surface area contributed by atoms with Crippen molar-refractivity contribution in [3.63, 3.8) is 0 Å². The summed E-state index contributed by atoms with van der Waals surface area (Å²) in [7, 11) is 0. The van der Waals surface area contributed by atoms with Crippen LogP contribution in [0.4, 0.5) is 11.4 Å². The molecule has 0 saturated heterocycles. The van der Waals surface area contributed by atoms with Crippen molar-refractivity contribution >= 4 is 39.3 Å². The van der Waals surface area contributed by atoms with Gasteiger partial charge in [0.1, 0.15) is 0 Å². The minimum absolute atomic E-state index is 0.846. The van der Waals surface area contributed by atoms with E-state index >= 15 is 0 Å². The molecule has 0 N–H and O–H groups in total. The van der Waals surface area contributed by atoms with E-state index in [1.807, 2.05) is 6.34 Å². The fraction of sp³-hybridized carbons (Fsp3) is 0.0455. The van der Waals surface area contributed by atoms with Gasteiger partial charge in [-0.2, -0.15) is 0 Å². The van der Waals surface area contributed by atoms with Gasteiger partial charge in [-0.1, -0.05) is 60.7 Å². The minimum Gasteiger partial charge on any atom is -0.328 e. The van der Waals surface area contributed by atoms with Gasteiger partial charge in [0.05, 0.1) is 18.6 Å². The van der Waals surface area contributed by atoms with E-state index < -0.39 is 0 Å². The number of nitrogens with zero attached hydrogens (tertiary/aromatic N) is 2. The average molecular weight is 308 g/mol. The Kier molecular flexibility index (Phi) is 2.89. The molecule has 0 bridgehead atoms. The van der Waals surface area contributed by atoms with Gasteiger partial charge >= 0.3 is 0 Å². The third-order valence-corrected chi connectivity index (χ3v) is 4.75. The van der Waals surface area contributed by atoms with Gasteiger partial charge in [-0.3, -0.25) is 0 Å². The Balaban J connectivity index is 1.61. The number of anilines is 1. The van der Waals surface area contributed by atoms with E-state index in [9.17, 15) is 0 Å². The first-order chi connectivity index (χ1) is 11.9. The zero-order valence-corrected chi connectivity index (χ0v) is 13.2. The molecule has 1 heterocycles. The molecule has 0 unspecified atom stereocenters. The van der Waals surface area contributed by atoms with Crippen molar-refractivity contribution in [2.75, 3.05) is 4.90 Å². The molecule has 2 heteroatoms. The van der Waals surface area contributed by atoms with Crippen LogP contribution in [0.5, 0.6) is 0 Å². The lowest BCUT2D eigenvalue weighted by atomic mass is 10.0. The summed E-state index contributed by atoms with van der Waals surface area (Å²) in [6.07, 6.45) is 1.95. The predicted molar refractivity (Wildman–Crippen MR) is 102 cm³/mol. The lowest BCUT2D eigenvalue weighted by Gasteiger charge is -2.25. The van der Waals surface area contributed by atoms with Gasteiger partial charge < -0.3 is 4.90 Å². The Morgan fingerprint density at radius 2 is 1.46 bits per heavy atom. The van der Waals surface area contributed by atoms with E-state index in [4.69, 9.17) is 0 Å². The van der Waals surface area contributed by atoms with Crippen LogP contribution in [0.25, 0.3) is 21.5 Å². The molecule has 0 atom stereocenters. The third-order valence-electron chi connectivity index (χ3n) is 4.75. The molecule has 0 saturated carbocycles. The summed E-state index contributed by atoms with van der Waals surface area (Å²) >= 11 is 0. The van der Waals surface area contributed by atoms with Crippen LogP contribution >= 0.6 is 0 Å². The van der Waals surface area contributed by atoms with Crippen LogP contribution in [0.3, 0.4) is 0 Å². The Labute approximate surface area is 140 Å². The second-order valence-corrected chi connectivity index (χ2v) is 6.19. The van der Waals surface area contributed by atoms with Crippen LogP contribution in [-0.4, -0.2) is 6.34 Å². The van der Waals surface area contributed by atoms with Gasteiger partial charge in [-0.05, 0) is 39.7 Å². The van der Waals surface area contributed by atoms with Crippen molar-refractivity contribution in [1.82, 2.24) is 0 Å². The molecule has 24 heavy (non-hydrogen) atoms. The quantitative estimate of drug-likeness (QED) is 0.442. The van der Waals surface area contributed by atoms with Crippen LogP contribution in [0, 0.1) is 0 Å². The van der Waals surface area contributed by atoms with Crippen LogP contribution in [-0.2, 0) is 6.54 Å². The molecule has 0 spiro atoms. The van der Waals surface area contributed by atoms with Gasteiger partial charge in [-0.15, -0.1) is 0 Å². The molecule has 5 rings (SSSR count). The highest BCUT2D eigenvalue weighted by molar-refractivity contribution is 5.96. The van der Waals surface area contributed by atoms with Crippen molar-refractivity contribution in [3.8, 4) is 0 Å². The van der Waals surface area contributed by atoms with Crippen molar-refractivity contribution in [2.24, 2.45) is 4.99 Å². The van der Waals surface area contributed by atoms with E-state index in [-0.39, 0.29) is 0 Å². The van der Waals surface area contributed by atoms with E-state index in [0.717, 1.165) is 12.2 Å². The monoisotopic (exact) mass is 308 g/mol. The molecular weight excluding hydrogens is 292 g/mol. The standard InChI is InChI=1S/C22H16N2/c1-2-7-18-13-19(11-9-16(18)5-1)24-14-21-20-8-4-3-6-17(20)10-12-22(21)23-15-24/h1-13,15H,14H2. The highest BCUT2D eigenvalue weighted by atomic mass is 15.2. The van der Waals surface area contributed by atoms with Crippen LogP contribution in [0.2, 0.25) is 0 Å². The molecule has 114 valence electrons. The van der Waals surface area contributed by atoms with E-state index in [2.05, 4.69) is 88.8 Å². The Morgan fingerprint density at radius 3 is 2.38 bits per heavy atom. The molecular formula is C22H16N2. The lowest BCUT2D eigenvalue weighted by Crippen LogP contribution is -2.23. The highest BCUT2D eigenvalue weighted by Gasteiger charge is 2.16. The fourth-order valence-electron chi connectivity index (χ4n) is 3.47. The van der Waals surface area contributed by atoms with Gasteiger partial charge in [0.2, 0.25) is 0 Å². The van der Waals surface area contributed by atoms with Crippen LogP contribution in [0.1, 0.15) is 5.56 Å². The number of fused-ring (bicyclic) bond motifs is 4. The number of hydrogen-bond donors (Lipinski definition) is 0. The van der Waals surface area contributed by atoms with Crippen molar-refractivity contribution in [1.29, 1.82) is 0 Å². The molecule has 0 aliphatic carbocycles. The summed E-state index contributed by atoms with van der Waals surface area (Å²) < 4.78 is 0. The largest absolute Gasteiger partial charge is 0.328 e. The molecule has 1 aliphatic heterocycles. The molecule has 0 aromatic heterocycles. The minimum atomic E-state index is 0.846. The van der Waals surface area contributed by atoms with Crippen LogP contribution in [0.15, 0.2) is 83.9 Å². The Hall–Kier alpha value is -3.13. The second-order valence-electron chi connectivity index (χ2n) is 6.19. The predicted octanol–water partition coefficient (Wildman–Crippen LogP) is 5.67. The van der Waals surface area contributed by atoms with Gasteiger partial charge in [0, 0.05) is 11.3 Å². The topological polar surface area (TPSA) is 15.6 Å². The molecule has 1 aliphatic rings. The third kappa shape index (κ3) is 2.08. The van der Waals surface area contributed by atoms with Crippen molar-refractivity contribution in [3.05, 3.63) is 84.4 Å². The smallest absolute Gasteiger partial charge is 0.0960 e. The van der Waals surface area contributed by atoms with Gasteiger partial charge in [-0.25, -0.2) is 4.99 Å². The molecule has 0 radical (unpaired) electrons. The van der Waals surface area contributed by atoms with E-state index in [1.165, 1.54) is 32.8 Å². The SMILES string of the molecule is C1=Nc2ccc3ccccc3c2CN1c1ccc2ccccc2c1. The van der Waals surface area contributed by atoms with E-state index in [1.54, 1.807) is 0 Å². The maximum atomic E-state index is 4.68.